The van der Waals surface area contributed by atoms with Crippen molar-refractivity contribution in [2.24, 2.45) is 5.10 Å². The summed E-state index contributed by atoms with van der Waals surface area (Å²) < 4.78 is 6.72. The molecule has 4 rings (SSSR count). The molecule has 2 aromatic carbocycles. The normalized spacial score (nSPS) is 14.2. The molecule has 0 spiro atoms. The third-order valence-electron chi connectivity index (χ3n) is 5.34. The highest BCUT2D eigenvalue weighted by Crippen LogP contribution is 2.31. The van der Waals surface area contributed by atoms with Gasteiger partial charge in [-0.1, -0.05) is 30.3 Å². The first-order chi connectivity index (χ1) is 15.0. The van der Waals surface area contributed by atoms with Gasteiger partial charge < -0.3 is 9.73 Å². The largest absolute Gasteiger partial charge is 0.455 e. The van der Waals surface area contributed by atoms with Crippen LogP contribution in [0, 0.1) is 13.8 Å². The monoisotopic (exact) mass is 479 g/mol. The van der Waals surface area contributed by atoms with E-state index in [0.717, 1.165) is 45.5 Å². The lowest BCUT2D eigenvalue weighted by molar-refractivity contribution is 0.0953. The van der Waals surface area contributed by atoms with Crippen molar-refractivity contribution in [3.63, 3.8) is 0 Å². The SMILES string of the molecule is Cc1ccccc1C(=O)N/N=C1\CCCc2oc(C(=O)Nc3ccccc3Br)c(C)c21. The molecule has 2 N–H and O–H groups in total. The van der Waals surface area contributed by atoms with Gasteiger partial charge in [0.15, 0.2) is 5.76 Å². The summed E-state index contributed by atoms with van der Waals surface area (Å²) in [6.45, 7) is 3.73. The maximum absolute atomic E-state index is 12.9. The molecule has 31 heavy (non-hydrogen) atoms. The number of carbonyl (C=O) groups is 2. The number of benzene rings is 2. The lowest BCUT2D eigenvalue weighted by atomic mass is 9.93. The molecule has 0 saturated carbocycles. The number of carbonyl (C=O) groups excluding carboxylic acids is 2. The second-order valence-corrected chi connectivity index (χ2v) is 8.31. The van der Waals surface area contributed by atoms with Crippen LogP contribution in [0.3, 0.4) is 0 Å². The van der Waals surface area contributed by atoms with Gasteiger partial charge in [-0.05, 0) is 66.4 Å². The van der Waals surface area contributed by atoms with E-state index < -0.39 is 0 Å². The molecular weight excluding hydrogens is 458 g/mol. The topological polar surface area (TPSA) is 83.7 Å². The molecule has 0 unspecified atom stereocenters. The van der Waals surface area contributed by atoms with Crippen molar-refractivity contribution < 1.29 is 14.0 Å². The molecule has 3 aromatic rings. The lowest BCUT2D eigenvalue weighted by Gasteiger charge is -2.13. The molecular formula is C24H22BrN3O3. The van der Waals surface area contributed by atoms with Crippen LogP contribution in [-0.2, 0) is 6.42 Å². The Balaban J connectivity index is 1.59. The van der Waals surface area contributed by atoms with Gasteiger partial charge in [0.25, 0.3) is 11.8 Å². The average Bonchev–Trinajstić information content (AvgIpc) is 3.11. The number of hydrogen-bond donors (Lipinski definition) is 2. The number of nitrogens with one attached hydrogen (secondary N) is 2. The van der Waals surface area contributed by atoms with Gasteiger partial charge in [0, 0.05) is 27.6 Å². The number of para-hydroxylation sites is 1. The third-order valence-corrected chi connectivity index (χ3v) is 6.03. The molecule has 0 fully saturated rings. The Morgan fingerprint density at radius 3 is 2.52 bits per heavy atom. The predicted molar refractivity (Wildman–Crippen MR) is 124 cm³/mol. The molecule has 1 heterocycles. The van der Waals surface area contributed by atoms with Gasteiger partial charge in [0.05, 0.1) is 11.4 Å². The predicted octanol–water partition coefficient (Wildman–Crippen LogP) is 5.38. The highest BCUT2D eigenvalue weighted by Gasteiger charge is 2.28. The van der Waals surface area contributed by atoms with E-state index in [1.165, 1.54) is 0 Å². The van der Waals surface area contributed by atoms with Crippen LogP contribution in [0.25, 0.3) is 0 Å². The molecule has 0 saturated heterocycles. The molecule has 1 aromatic heterocycles. The van der Waals surface area contributed by atoms with Crippen LogP contribution in [0.4, 0.5) is 5.69 Å². The van der Waals surface area contributed by atoms with Crippen LogP contribution in [-0.4, -0.2) is 17.5 Å². The number of amides is 2. The lowest BCUT2D eigenvalue weighted by Crippen LogP contribution is -2.22. The summed E-state index contributed by atoms with van der Waals surface area (Å²) in [6, 6.07) is 14.8. The fourth-order valence-electron chi connectivity index (χ4n) is 3.74. The third kappa shape index (κ3) is 4.32. The molecule has 0 aliphatic heterocycles. The quantitative estimate of drug-likeness (QED) is 0.492. The maximum atomic E-state index is 12.9. The summed E-state index contributed by atoms with van der Waals surface area (Å²) in [5.41, 5.74) is 7.06. The molecule has 158 valence electrons. The van der Waals surface area contributed by atoms with Crippen molar-refractivity contribution in [2.75, 3.05) is 5.32 Å². The second-order valence-electron chi connectivity index (χ2n) is 7.46. The van der Waals surface area contributed by atoms with Crippen LogP contribution < -0.4 is 10.7 Å². The van der Waals surface area contributed by atoms with Gasteiger partial charge in [-0.15, -0.1) is 0 Å². The number of fused-ring (bicyclic) bond motifs is 1. The van der Waals surface area contributed by atoms with Crippen molar-refractivity contribution in [3.8, 4) is 0 Å². The number of rotatable bonds is 4. The van der Waals surface area contributed by atoms with Crippen molar-refractivity contribution >= 4 is 39.1 Å². The Kier molecular flexibility index (Phi) is 6.04. The molecule has 1 aliphatic carbocycles. The Hall–Kier alpha value is -3.19. The summed E-state index contributed by atoms with van der Waals surface area (Å²) in [5.74, 6) is 0.415. The van der Waals surface area contributed by atoms with Gasteiger partial charge in [-0.25, -0.2) is 5.43 Å². The molecule has 2 amide bonds. The summed E-state index contributed by atoms with van der Waals surface area (Å²) in [7, 11) is 0. The van der Waals surface area contributed by atoms with E-state index >= 15 is 0 Å². The van der Waals surface area contributed by atoms with E-state index in [4.69, 9.17) is 4.42 Å². The van der Waals surface area contributed by atoms with Crippen LogP contribution in [0.2, 0.25) is 0 Å². The number of hydrogen-bond acceptors (Lipinski definition) is 4. The standard InChI is InChI=1S/C24H22BrN3O3/c1-14-8-3-4-9-16(14)23(29)28-27-19-12-7-13-20-21(19)15(2)22(31-20)24(30)26-18-11-6-5-10-17(18)25/h3-6,8-11H,7,12-13H2,1-2H3,(H,26,30)(H,28,29)/b27-19+. The van der Waals surface area contributed by atoms with E-state index in [2.05, 4.69) is 31.8 Å². The van der Waals surface area contributed by atoms with E-state index in [1.54, 1.807) is 6.07 Å². The van der Waals surface area contributed by atoms with Gasteiger partial charge in [0.2, 0.25) is 0 Å². The highest BCUT2D eigenvalue weighted by atomic mass is 79.9. The average molecular weight is 480 g/mol. The van der Waals surface area contributed by atoms with Crippen LogP contribution in [0.1, 0.15) is 56.2 Å². The Morgan fingerprint density at radius 2 is 1.74 bits per heavy atom. The summed E-state index contributed by atoms with van der Waals surface area (Å²) in [6.07, 6.45) is 2.26. The first-order valence-corrected chi connectivity index (χ1v) is 10.9. The zero-order chi connectivity index (χ0) is 22.0. The molecule has 6 nitrogen and oxygen atoms in total. The fourth-order valence-corrected chi connectivity index (χ4v) is 4.13. The molecule has 0 atom stereocenters. The van der Waals surface area contributed by atoms with Crippen molar-refractivity contribution in [3.05, 3.63) is 86.8 Å². The molecule has 0 radical (unpaired) electrons. The van der Waals surface area contributed by atoms with Crippen LogP contribution in [0.15, 0.2) is 62.5 Å². The maximum Gasteiger partial charge on any atom is 0.291 e. The van der Waals surface area contributed by atoms with Gasteiger partial charge in [-0.2, -0.15) is 5.10 Å². The molecule has 7 heteroatoms. The van der Waals surface area contributed by atoms with E-state index in [0.29, 0.717) is 17.7 Å². The van der Waals surface area contributed by atoms with Crippen LogP contribution in [0.5, 0.6) is 0 Å². The Bertz CT molecular complexity index is 1200. The van der Waals surface area contributed by atoms with E-state index in [1.807, 2.05) is 56.3 Å². The zero-order valence-corrected chi connectivity index (χ0v) is 18.9. The highest BCUT2D eigenvalue weighted by molar-refractivity contribution is 9.10. The minimum Gasteiger partial charge on any atom is -0.455 e. The minimum absolute atomic E-state index is 0.259. The number of anilines is 1. The second kappa shape index (κ2) is 8.89. The number of aryl methyl sites for hydroxylation is 2. The number of halogens is 1. The minimum atomic E-state index is -0.318. The van der Waals surface area contributed by atoms with Gasteiger partial charge >= 0.3 is 0 Å². The Labute approximate surface area is 188 Å². The van der Waals surface area contributed by atoms with Crippen molar-refractivity contribution in [2.45, 2.75) is 33.1 Å². The van der Waals surface area contributed by atoms with Crippen LogP contribution >= 0.6 is 15.9 Å². The first-order valence-electron chi connectivity index (χ1n) is 10.1. The van der Waals surface area contributed by atoms with Gasteiger partial charge in [-0.3, -0.25) is 9.59 Å². The summed E-state index contributed by atoms with van der Waals surface area (Å²) >= 11 is 3.44. The van der Waals surface area contributed by atoms with Crippen molar-refractivity contribution in [1.29, 1.82) is 0 Å². The molecule has 1 aliphatic rings. The zero-order valence-electron chi connectivity index (χ0n) is 17.3. The number of nitrogens with zero attached hydrogens (tertiary/aromatic N) is 1. The number of hydrazone groups is 1. The smallest absolute Gasteiger partial charge is 0.291 e. The fraction of sp³-hybridized carbons (Fsp3) is 0.208. The first kappa shape index (κ1) is 21.1. The van der Waals surface area contributed by atoms with E-state index in [9.17, 15) is 9.59 Å². The summed E-state index contributed by atoms with van der Waals surface area (Å²) in [5, 5.41) is 7.27. The van der Waals surface area contributed by atoms with Gasteiger partial charge in [0.1, 0.15) is 5.76 Å². The van der Waals surface area contributed by atoms with E-state index in [-0.39, 0.29) is 17.6 Å². The number of furan rings is 1. The van der Waals surface area contributed by atoms with Crippen molar-refractivity contribution in [1.82, 2.24) is 5.43 Å². The summed E-state index contributed by atoms with van der Waals surface area (Å²) in [4.78, 5) is 25.4. The molecule has 0 bridgehead atoms. The Morgan fingerprint density at radius 1 is 1.00 bits per heavy atom.